The average molecular weight is 326 g/mol. The maximum Gasteiger partial charge on any atom is 0.322 e. The minimum Gasteiger partial charge on any atom is -0.468 e. The molecule has 2 atom stereocenters. The lowest BCUT2D eigenvalue weighted by Gasteiger charge is -2.12. The first-order valence-electron chi connectivity index (χ1n) is 7.27. The van der Waals surface area contributed by atoms with E-state index < -0.39 is 27.3 Å². The van der Waals surface area contributed by atoms with E-state index in [0.29, 0.717) is 13.0 Å². The molecule has 22 heavy (non-hydrogen) atoms. The third kappa shape index (κ3) is 4.28. The van der Waals surface area contributed by atoms with E-state index in [4.69, 9.17) is 0 Å². The van der Waals surface area contributed by atoms with Gasteiger partial charge >= 0.3 is 5.97 Å². The third-order valence-electron chi connectivity index (χ3n) is 3.85. The van der Waals surface area contributed by atoms with E-state index in [1.807, 2.05) is 31.2 Å². The summed E-state index contributed by atoms with van der Waals surface area (Å²) >= 11 is 0. The molecule has 6 nitrogen and oxygen atoms in total. The molecule has 0 aliphatic carbocycles. The van der Waals surface area contributed by atoms with Gasteiger partial charge in [-0.25, -0.2) is 13.1 Å². The number of rotatable bonds is 6. The van der Waals surface area contributed by atoms with Crippen LogP contribution in [0, 0.1) is 6.92 Å². The SMILES string of the molecule is COC(=O)C1CC(S(=O)(=O)NCCc2ccc(C)cc2)CN1. The van der Waals surface area contributed by atoms with Crippen molar-refractivity contribution in [1.29, 1.82) is 0 Å². The molecular formula is C15H22N2O4S. The number of carbonyl (C=O) groups is 1. The van der Waals surface area contributed by atoms with E-state index in [9.17, 15) is 13.2 Å². The molecule has 0 saturated carbocycles. The number of aryl methyl sites for hydroxylation is 1. The molecule has 1 aliphatic rings. The summed E-state index contributed by atoms with van der Waals surface area (Å²) in [7, 11) is -2.14. The van der Waals surface area contributed by atoms with E-state index >= 15 is 0 Å². The quantitative estimate of drug-likeness (QED) is 0.738. The molecule has 1 aromatic carbocycles. The van der Waals surface area contributed by atoms with Gasteiger partial charge in [0, 0.05) is 13.1 Å². The fraction of sp³-hybridized carbons (Fsp3) is 0.533. The number of hydrogen-bond donors (Lipinski definition) is 2. The molecule has 1 saturated heterocycles. The molecule has 2 rings (SSSR count). The van der Waals surface area contributed by atoms with Crippen LogP contribution >= 0.6 is 0 Å². The van der Waals surface area contributed by atoms with Crippen LogP contribution in [-0.4, -0.2) is 45.9 Å². The molecule has 7 heteroatoms. The molecule has 2 N–H and O–H groups in total. The molecule has 0 amide bonds. The summed E-state index contributed by atoms with van der Waals surface area (Å²) in [5.41, 5.74) is 2.26. The van der Waals surface area contributed by atoms with Crippen molar-refractivity contribution in [3.63, 3.8) is 0 Å². The number of hydrogen-bond acceptors (Lipinski definition) is 5. The Hall–Kier alpha value is -1.44. The first-order valence-corrected chi connectivity index (χ1v) is 8.82. The van der Waals surface area contributed by atoms with Crippen LogP contribution in [0.5, 0.6) is 0 Å². The highest BCUT2D eigenvalue weighted by Gasteiger charge is 2.37. The van der Waals surface area contributed by atoms with Gasteiger partial charge in [0.05, 0.1) is 12.4 Å². The van der Waals surface area contributed by atoms with Crippen molar-refractivity contribution >= 4 is 16.0 Å². The van der Waals surface area contributed by atoms with E-state index in [2.05, 4.69) is 14.8 Å². The van der Waals surface area contributed by atoms with Crippen molar-refractivity contribution in [2.45, 2.75) is 31.1 Å². The third-order valence-corrected chi connectivity index (χ3v) is 5.70. The smallest absolute Gasteiger partial charge is 0.322 e. The van der Waals surface area contributed by atoms with Crippen molar-refractivity contribution in [2.24, 2.45) is 0 Å². The predicted molar refractivity (Wildman–Crippen MR) is 84.0 cm³/mol. The van der Waals surface area contributed by atoms with Crippen molar-refractivity contribution in [1.82, 2.24) is 10.0 Å². The first-order chi connectivity index (χ1) is 10.4. The zero-order valence-corrected chi connectivity index (χ0v) is 13.7. The van der Waals surface area contributed by atoms with Gasteiger partial charge in [0.1, 0.15) is 6.04 Å². The summed E-state index contributed by atoms with van der Waals surface area (Å²) < 4.78 is 31.7. The van der Waals surface area contributed by atoms with Crippen LogP contribution in [0.4, 0.5) is 0 Å². The molecule has 0 radical (unpaired) electrons. The Balaban J connectivity index is 1.84. The van der Waals surface area contributed by atoms with Gasteiger partial charge in [-0.15, -0.1) is 0 Å². The number of esters is 1. The normalized spacial score (nSPS) is 21.7. The standard InChI is InChI=1S/C15H22N2O4S/c1-11-3-5-12(6-4-11)7-8-17-22(19,20)13-9-14(16-10-13)15(18)21-2/h3-6,13-14,16-17H,7-10H2,1-2H3. The van der Waals surface area contributed by atoms with Crippen LogP contribution in [0.15, 0.2) is 24.3 Å². The molecule has 1 aromatic rings. The van der Waals surface area contributed by atoms with Crippen molar-refractivity contribution < 1.29 is 17.9 Å². The molecule has 1 heterocycles. The average Bonchev–Trinajstić information content (AvgIpc) is 2.99. The van der Waals surface area contributed by atoms with Crippen LogP contribution in [0.3, 0.4) is 0 Å². The Bertz CT molecular complexity index is 613. The van der Waals surface area contributed by atoms with Crippen LogP contribution < -0.4 is 10.0 Å². The lowest BCUT2D eigenvalue weighted by molar-refractivity contribution is -0.142. The minimum absolute atomic E-state index is 0.243. The van der Waals surface area contributed by atoms with Crippen LogP contribution in [0.2, 0.25) is 0 Å². The van der Waals surface area contributed by atoms with Crippen LogP contribution in [0.1, 0.15) is 17.5 Å². The minimum atomic E-state index is -3.43. The Kier molecular flexibility index (Phi) is 5.55. The number of methoxy groups -OCH3 is 1. The van der Waals surface area contributed by atoms with E-state index in [-0.39, 0.29) is 13.0 Å². The first kappa shape index (κ1) is 16.9. The Morgan fingerprint density at radius 3 is 2.68 bits per heavy atom. The topological polar surface area (TPSA) is 84.5 Å². The number of sulfonamides is 1. The highest BCUT2D eigenvalue weighted by atomic mass is 32.2. The molecule has 0 bridgehead atoms. The van der Waals surface area contributed by atoms with E-state index in [1.165, 1.54) is 12.7 Å². The Morgan fingerprint density at radius 1 is 1.36 bits per heavy atom. The van der Waals surface area contributed by atoms with Gasteiger partial charge in [0.15, 0.2) is 0 Å². The molecule has 1 aliphatic heterocycles. The largest absolute Gasteiger partial charge is 0.468 e. The zero-order chi connectivity index (χ0) is 16.2. The monoisotopic (exact) mass is 326 g/mol. The van der Waals surface area contributed by atoms with Gasteiger partial charge in [0.25, 0.3) is 0 Å². The fourth-order valence-electron chi connectivity index (χ4n) is 2.47. The summed E-state index contributed by atoms with van der Waals surface area (Å²) in [5, 5.41) is 2.28. The summed E-state index contributed by atoms with van der Waals surface area (Å²) in [6, 6.07) is 7.46. The van der Waals surface area contributed by atoms with E-state index in [1.54, 1.807) is 0 Å². The molecule has 122 valence electrons. The predicted octanol–water partition coefficient (Wildman–Crippen LogP) is 0.360. The molecule has 2 unspecified atom stereocenters. The highest BCUT2D eigenvalue weighted by molar-refractivity contribution is 7.90. The van der Waals surface area contributed by atoms with Crippen LogP contribution in [0.25, 0.3) is 0 Å². The van der Waals surface area contributed by atoms with Gasteiger partial charge in [-0.3, -0.25) is 4.79 Å². The van der Waals surface area contributed by atoms with Gasteiger partial charge in [-0.05, 0) is 25.3 Å². The van der Waals surface area contributed by atoms with Gasteiger partial charge in [-0.2, -0.15) is 0 Å². The fourth-order valence-corrected chi connectivity index (χ4v) is 3.86. The number of benzene rings is 1. The van der Waals surface area contributed by atoms with Gasteiger partial charge in [-0.1, -0.05) is 29.8 Å². The maximum atomic E-state index is 12.2. The van der Waals surface area contributed by atoms with Crippen molar-refractivity contribution in [3.8, 4) is 0 Å². The number of carbonyl (C=O) groups excluding carboxylic acids is 1. The lowest BCUT2D eigenvalue weighted by atomic mass is 10.1. The zero-order valence-electron chi connectivity index (χ0n) is 12.8. The summed E-state index contributed by atoms with van der Waals surface area (Å²) in [4.78, 5) is 11.4. The molecule has 0 spiro atoms. The molecule has 0 aromatic heterocycles. The van der Waals surface area contributed by atoms with Gasteiger partial charge < -0.3 is 10.1 Å². The summed E-state index contributed by atoms with van der Waals surface area (Å²) in [5.74, 6) is -0.419. The van der Waals surface area contributed by atoms with Gasteiger partial charge in [0.2, 0.25) is 10.0 Å². The lowest BCUT2D eigenvalue weighted by Crippen LogP contribution is -2.36. The number of nitrogens with one attached hydrogen (secondary N) is 2. The van der Waals surface area contributed by atoms with Crippen LogP contribution in [-0.2, 0) is 26.0 Å². The maximum absolute atomic E-state index is 12.2. The van der Waals surface area contributed by atoms with Crippen molar-refractivity contribution in [3.05, 3.63) is 35.4 Å². The second-order valence-corrected chi connectivity index (χ2v) is 7.56. The Labute approximate surface area is 131 Å². The highest BCUT2D eigenvalue weighted by Crippen LogP contribution is 2.15. The Morgan fingerprint density at radius 2 is 2.05 bits per heavy atom. The number of ether oxygens (including phenoxy) is 1. The summed E-state index contributed by atoms with van der Waals surface area (Å²) in [6.07, 6.45) is 0.882. The second-order valence-electron chi connectivity index (χ2n) is 5.52. The van der Waals surface area contributed by atoms with Crippen molar-refractivity contribution in [2.75, 3.05) is 20.2 Å². The summed E-state index contributed by atoms with van der Waals surface area (Å²) in [6.45, 7) is 2.63. The van der Waals surface area contributed by atoms with E-state index in [0.717, 1.165) is 5.56 Å². The second kappa shape index (κ2) is 7.21. The molecular weight excluding hydrogens is 304 g/mol. The molecule has 1 fully saturated rings.